The van der Waals surface area contributed by atoms with Gasteiger partial charge in [-0.2, -0.15) is 0 Å². The molecule has 4 rings (SSSR count). The number of carbonyl (C=O) groups is 2. The fourth-order valence-electron chi connectivity index (χ4n) is 3.51. The molecule has 28 heavy (non-hydrogen) atoms. The number of nitrogens with zero attached hydrogens (tertiary/aromatic N) is 1. The minimum Gasteiger partial charge on any atom is -0.348 e. The molecule has 1 heterocycles. The molecule has 142 valence electrons. The molecule has 1 atom stereocenters. The predicted octanol–water partition coefficient (Wildman–Crippen LogP) is 2.86. The molecule has 0 saturated heterocycles. The number of sulfonamides is 1. The van der Waals surface area contributed by atoms with Crippen molar-refractivity contribution in [2.45, 2.75) is 17.9 Å². The van der Waals surface area contributed by atoms with E-state index in [2.05, 4.69) is 5.32 Å². The van der Waals surface area contributed by atoms with Gasteiger partial charge in [0.25, 0.3) is 15.9 Å². The smallest absolute Gasteiger partial charge is 0.269 e. The van der Waals surface area contributed by atoms with Crippen LogP contribution in [-0.2, 0) is 14.8 Å². The Balaban J connectivity index is 1.54. The van der Waals surface area contributed by atoms with Crippen LogP contribution in [0.4, 0.5) is 0 Å². The van der Waals surface area contributed by atoms with E-state index < -0.39 is 28.4 Å². The van der Waals surface area contributed by atoms with Gasteiger partial charge in [0.15, 0.2) is 0 Å². The molecular formula is C21H18N2O4S. The van der Waals surface area contributed by atoms with E-state index in [4.69, 9.17) is 0 Å². The lowest BCUT2D eigenvalue weighted by molar-refractivity contribution is -0.121. The van der Waals surface area contributed by atoms with Crippen LogP contribution in [0.3, 0.4) is 0 Å². The molecule has 1 N–H and O–H groups in total. The number of rotatable bonds is 4. The third kappa shape index (κ3) is 2.93. The Morgan fingerprint density at radius 3 is 2.46 bits per heavy atom. The van der Waals surface area contributed by atoms with Crippen molar-refractivity contribution in [1.29, 1.82) is 0 Å². The van der Waals surface area contributed by atoms with Crippen molar-refractivity contribution in [2.24, 2.45) is 0 Å². The normalized spacial score (nSPS) is 16.0. The number of hydrogen-bond donors (Lipinski definition) is 1. The molecule has 3 aromatic rings. The van der Waals surface area contributed by atoms with Gasteiger partial charge >= 0.3 is 0 Å². The van der Waals surface area contributed by atoms with Gasteiger partial charge in [0, 0.05) is 0 Å². The van der Waals surface area contributed by atoms with Gasteiger partial charge in [0.2, 0.25) is 5.91 Å². The SMILES string of the molecule is C[C@H](NC(=O)CN1C(=O)c2ccccc2S1(=O)=O)c1cccc2ccccc12. The number of hydrogen-bond acceptors (Lipinski definition) is 4. The fraction of sp³-hybridized carbons (Fsp3) is 0.143. The summed E-state index contributed by atoms with van der Waals surface area (Å²) in [5.74, 6) is -1.21. The molecule has 0 radical (unpaired) electrons. The lowest BCUT2D eigenvalue weighted by atomic mass is 10.00. The van der Waals surface area contributed by atoms with E-state index in [-0.39, 0.29) is 16.5 Å². The molecule has 0 fully saturated rings. The highest BCUT2D eigenvalue weighted by atomic mass is 32.2. The summed E-state index contributed by atoms with van der Waals surface area (Å²) < 4.78 is 25.8. The second-order valence-electron chi connectivity index (χ2n) is 6.67. The van der Waals surface area contributed by atoms with Gasteiger partial charge in [-0.15, -0.1) is 0 Å². The number of nitrogens with one attached hydrogen (secondary N) is 1. The number of benzene rings is 3. The molecule has 7 heteroatoms. The molecule has 0 unspecified atom stereocenters. The average molecular weight is 394 g/mol. The lowest BCUT2D eigenvalue weighted by Gasteiger charge is -2.19. The molecule has 0 spiro atoms. The zero-order valence-corrected chi connectivity index (χ0v) is 15.9. The van der Waals surface area contributed by atoms with Gasteiger partial charge in [-0.05, 0) is 35.4 Å². The maximum absolute atomic E-state index is 12.6. The summed E-state index contributed by atoms with van der Waals surface area (Å²) in [5.41, 5.74) is 1.02. The number of fused-ring (bicyclic) bond motifs is 2. The summed E-state index contributed by atoms with van der Waals surface area (Å²) in [6.45, 7) is 1.28. The van der Waals surface area contributed by atoms with Crippen molar-refractivity contribution in [3.05, 3.63) is 77.9 Å². The van der Waals surface area contributed by atoms with E-state index in [0.717, 1.165) is 16.3 Å². The van der Waals surface area contributed by atoms with E-state index >= 15 is 0 Å². The first-order valence-corrected chi connectivity index (χ1v) is 10.3. The molecule has 6 nitrogen and oxygen atoms in total. The van der Waals surface area contributed by atoms with Crippen LogP contribution < -0.4 is 5.32 Å². The van der Waals surface area contributed by atoms with Crippen molar-refractivity contribution in [2.75, 3.05) is 6.54 Å². The van der Waals surface area contributed by atoms with E-state index in [0.29, 0.717) is 4.31 Å². The maximum Gasteiger partial charge on any atom is 0.269 e. The molecule has 0 aromatic heterocycles. The van der Waals surface area contributed by atoms with Crippen LogP contribution >= 0.6 is 0 Å². The van der Waals surface area contributed by atoms with Gasteiger partial charge < -0.3 is 5.32 Å². The Hall–Kier alpha value is -3.19. The highest BCUT2D eigenvalue weighted by Gasteiger charge is 2.41. The van der Waals surface area contributed by atoms with E-state index in [1.165, 1.54) is 12.1 Å². The van der Waals surface area contributed by atoms with Crippen LogP contribution in [0.2, 0.25) is 0 Å². The van der Waals surface area contributed by atoms with Gasteiger partial charge in [0.05, 0.1) is 11.6 Å². The molecule has 0 aliphatic carbocycles. The Bertz CT molecular complexity index is 1200. The summed E-state index contributed by atoms with van der Waals surface area (Å²) >= 11 is 0. The van der Waals surface area contributed by atoms with Crippen LogP contribution in [0.15, 0.2) is 71.6 Å². The van der Waals surface area contributed by atoms with Crippen LogP contribution in [0.1, 0.15) is 28.9 Å². The zero-order chi connectivity index (χ0) is 19.9. The Morgan fingerprint density at radius 2 is 1.68 bits per heavy atom. The third-order valence-corrected chi connectivity index (χ3v) is 6.65. The van der Waals surface area contributed by atoms with Crippen molar-refractivity contribution in [3.8, 4) is 0 Å². The van der Waals surface area contributed by atoms with Crippen molar-refractivity contribution >= 4 is 32.6 Å². The predicted molar refractivity (Wildman–Crippen MR) is 105 cm³/mol. The van der Waals surface area contributed by atoms with Crippen LogP contribution in [0.5, 0.6) is 0 Å². The molecule has 1 aliphatic rings. The average Bonchev–Trinajstić information content (AvgIpc) is 2.88. The summed E-state index contributed by atoms with van der Waals surface area (Å²) in [6, 6.07) is 19.3. The third-order valence-electron chi connectivity index (χ3n) is 4.87. The van der Waals surface area contributed by atoms with Crippen LogP contribution in [0, 0.1) is 0 Å². The van der Waals surface area contributed by atoms with Crippen LogP contribution in [0.25, 0.3) is 10.8 Å². The zero-order valence-electron chi connectivity index (χ0n) is 15.1. The summed E-state index contributed by atoms with van der Waals surface area (Å²) in [7, 11) is -4.00. The van der Waals surface area contributed by atoms with Gasteiger partial charge in [0.1, 0.15) is 11.4 Å². The van der Waals surface area contributed by atoms with Crippen molar-refractivity contribution in [1.82, 2.24) is 9.62 Å². The highest BCUT2D eigenvalue weighted by molar-refractivity contribution is 7.90. The topological polar surface area (TPSA) is 83.6 Å². The first kappa shape index (κ1) is 18.2. The second kappa shape index (κ2) is 6.76. The van der Waals surface area contributed by atoms with Crippen molar-refractivity contribution < 1.29 is 18.0 Å². The minimum atomic E-state index is -4.00. The molecule has 2 amide bonds. The van der Waals surface area contributed by atoms with Gasteiger partial charge in [-0.25, -0.2) is 12.7 Å². The Labute approximate surface area is 162 Å². The van der Waals surface area contributed by atoms with E-state index in [1.54, 1.807) is 12.1 Å². The number of carbonyl (C=O) groups excluding carboxylic acids is 2. The summed E-state index contributed by atoms with van der Waals surface area (Å²) in [4.78, 5) is 24.9. The Morgan fingerprint density at radius 1 is 1.00 bits per heavy atom. The standard InChI is InChI=1S/C21H18N2O4S/c1-14(16-11-6-8-15-7-2-3-9-17(15)16)22-20(24)13-23-21(25)18-10-4-5-12-19(18)28(23,26)27/h2-12,14H,13H2,1H3,(H,22,24)/t14-/m0/s1. The molecule has 3 aromatic carbocycles. The monoisotopic (exact) mass is 394 g/mol. The maximum atomic E-state index is 12.6. The van der Waals surface area contributed by atoms with Crippen molar-refractivity contribution in [3.63, 3.8) is 0 Å². The highest BCUT2D eigenvalue weighted by Crippen LogP contribution is 2.30. The molecule has 0 bridgehead atoms. The van der Waals surface area contributed by atoms with Crippen LogP contribution in [-0.4, -0.2) is 31.1 Å². The number of amides is 2. The first-order valence-electron chi connectivity index (χ1n) is 8.83. The molecule has 0 saturated carbocycles. The molecule has 1 aliphatic heterocycles. The van der Waals surface area contributed by atoms with E-state index in [9.17, 15) is 18.0 Å². The Kier molecular flexibility index (Phi) is 4.39. The lowest BCUT2D eigenvalue weighted by Crippen LogP contribution is -2.41. The quantitative estimate of drug-likeness (QED) is 0.738. The summed E-state index contributed by atoms with van der Waals surface area (Å²) in [6.07, 6.45) is 0. The largest absolute Gasteiger partial charge is 0.348 e. The minimum absolute atomic E-state index is 0.0603. The van der Waals surface area contributed by atoms with Gasteiger partial charge in [-0.3, -0.25) is 9.59 Å². The molecular weight excluding hydrogens is 376 g/mol. The second-order valence-corrected chi connectivity index (χ2v) is 8.50. The van der Waals surface area contributed by atoms with E-state index in [1.807, 2.05) is 49.4 Å². The summed E-state index contributed by atoms with van der Waals surface area (Å²) in [5, 5.41) is 4.86. The first-order chi connectivity index (χ1) is 13.4. The van der Waals surface area contributed by atoms with Gasteiger partial charge in [-0.1, -0.05) is 54.6 Å². The fourth-order valence-corrected chi connectivity index (χ4v) is 5.04.